The fourth-order valence-corrected chi connectivity index (χ4v) is 2.18. The standard InChI is InChI=1S/C11H9FINO/c12-8-1-2-9(10(13)5-8)11(15)7-3-4-14-6-7/h1-6,11,14-15H. The van der Waals surface area contributed by atoms with E-state index < -0.39 is 6.10 Å². The number of hydrogen-bond acceptors (Lipinski definition) is 1. The third-order valence-corrected chi connectivity index (χ3v) is 3.13. The van der Waals surface area contributed by atoms with Gasteiger partial charge < -0.3 is 10.1 Å². The van der Waals surface area contributed by atoms with Crippen LogP contribution in [-0.2, 0) is 0 Å². The summed E-state index contributed by atoms with van der Waals surface area (Å²) in [6.07, 6.45) is 2.77. The van der Waals surface area contributed by atoms with Crippen LogP contribution in [0.25, 0.3) is 0 Å². The Morgan fingerprint density at radius 2 is 2.13 bits per heavy atom. The monoisotopic (exact) mass is 317 g/mol. The second-order valence-corrected chi connectivity index (χ2v) is 4.37. The summed E-state index contributed by atoms with van der Waals surface area (Å²) in [4.78, 5) is 2.87. The van der Waals surface area contributed by atoms with Crippen LogP contribution in [0.15, 0.2) is 36.7 Å². The van der Waals surface area contributed by atoms with Crippen molar-refractivity contribution < 1.29 is 9.50 Å². The molecule has 0 aliphatic heterocycles. The van der Waals surface area contributed by atoms with Crippen molar-refractivity contribution in [3.05, 3.63) is 57.2 Å². The fourth-order valence-electron chi connectivity index (χ4n) is 1.41. The molecular formula is C11H9FINO. The molecule has 0 aliphatic rings. The van der Waals surface area contributed by atoms with Gasteiger partial charge in [-0.15, -0.1) is 0 Å². The lowest BCUT2D eigenvalue weighted by molar-refractivity contribution is 0.219. The Morgan fingerprint density at radius 1 is 1.33 bits per heavy atom. The summed E-state index contributed by atoms with van der Waals surface area (Å²) in [5, 5.41) is 10.0. The minimum Gasteiger partial charge on any atom is -0.384 e. The van der Waals surface area contributed by atoms with E-state index in [4.69, 9.17) is 0 Å². The van der Waals surface area contributed by atoms with Crippen LogP contribution in [0.5, 0.6) is 0 Å². The van der Waals surface area contributed by atoms with E-state index in [0.29, 0.717) is 0 Å². The summed E-state index contributed by atoms with van der Waals surface area (Å²) >= 11 is 2.02. The summed E-state index contributed by atoms with van der Waals surface area (Å²) in [5.74, 6) is -0.288. The van der Waals surface area contributed by atoms with Gasteiger partial charge in [0.2, 0.25) is 0 Å². The number of benzene rings is 1. The third kappa shape index (κ3) is 2.21. The highest BCUT2D eigenvalue weighted by Crippen LogP contribution is 2.26. The number of rotatable bonds is 2. The number of halogens is 2. The number of aromatic nitrogens is 1. The van der Waals surface area contributed by atoms with Gasteiger partial charge in [-0.25, -0.2) is 4.39 Å². The van der Waals surface area contributed by atoms with Crippen LogP contribution < -0.4 is 0 Å². The first-order valence-corrected chi connectivity index (χ1v) is 5.52. The molecule has 0 saturated heterocycles. The molecule has 2 N–H and O–H groups in total. The van der Waals surface area contributed by atoms with Crippen molar-refractivity contribution >= 4 is 22.6 Å². The van der Waals surface area contributed by atoms with Crippen LogP contribution in [0.4, 0.5) is 4.39 Å². The van der Waals surface area contributed by atoms with Crippen molar-refractivity contribution in [1.29, 1.82) is 0 Å². The maximum Gasteiger partial charge on any atom is 0.124 e. The molecule has 78 valence electrons. The first-order chi connectivity index (χ1) is 7.18. The molecule has 2 rings (SSSR count). The van der Waals surface area contributed by atoms with Gasteiger partial charge in [0, 0.05) is 21.5 Å². The van der Waals surface area contributed by atoms with Gasteiger partial charge in [-0.05, 0) is 46.4 Å². The van der Waals surface area contributed by atoms with Crippen molar-refractivity contribution in [1.82, 2.24) is 4.98 Å². The fraction of sp³-hybridized carbons (Fsp3) is 0.0909. The molecule has 0 saturated carbocycles. The summed E-state index contributed by atoms with van der Waals surface area (Å²) in [7, 11) is 0. The maximum atomic E-state index is 12.9. The molecule has 1 aromatic carbocycles. The van der Waals surface area contributed by atoms with Crippen molar-refractivity contribution in [2.24, 2.45) is 0 Å². The molecule has 0 aliphatic carbocycles. The van der Waals surface area contributed by atoms with E-state index in [1.165, 1.54) is 12.1 Å². The molecule has 0 radical (unpaired) electrons. The molecule has 4 heteroatoms. The Balaban J connectivity index is 2.38. The Hall–Kier alpha value is -0.880. The lowest BCUT2D eigenvalue weighted by Crippen LogP contribution is -2.01. The Bertz CT molecular complexity index is 456. The zero-order valence-corrected chi connectivity index (χ0v) is 9.90. The third-order valence-electron chi connectivity index (χ3n) is 2.19. The largest absolute Gasteiger partial charge is 0.384 e. The summed E-state index contributed by atoms with van der Waals surface area (Å²) in [6.45, 7) is 0. The SMILES string of the molecule is OC(c1cc[nH]c1)c1ccc(F)cc1I. The highest BCUT2D eigenvalue weighted by atomic mass is 127. The van der Waals surface area contributed by atoms with Gasteiger partial charge in [-0.1, -0.05) is 6.07 Å². The quantitative estimate of drug-likeness (QED) is 0.821. The first kappa shape index (κ1) is 10.6. The van der Waals surface area contributed by atoms with Gasteiger partial charge in [-0.2, -0.15) is 0 Å². The molecule has 2 aromatic rings. The van der Waals surface area contributed by atoms with Crippen LogP contribution in [0.3, 0.4) is 0 Å². The van der Waals surface area contributed by atoms with Crippen molar-refractivity contribution in [2.75, 3.05) is 0 Å². The van der Waals surface area contributed by atoms with Crippen molar-refractivity contribution in [3.63, 3.8) is 0 Å². The number of aliphatic hydroxyl groups excluding tert-OH is 1. The minimum atomic E-state index is -0.705. The molecule has 1 heterocycles. The summed E-state index contributed by atoms with van der Waals surface area (Å²) in [6, 6.07) is 6.16. The molecule has 0 amide bonds. The van der Waals surface area contributed by atoms with E-state index in [2.05, 4.69) is 4.98 Å². The molecule has 1 unspecified atom stereocenters. The second kappa shape index (κ2) is 4.32. The lowest BCUT2D eigenvalue weighted by Gasteiger charge is -2.11. The van der Waals surface area contributed by atoms with Crippen molar-refractivity contribution in [2.45, 2.75) is 6.10 Å². The predicted octanol–water partition coefficient (Wildman–Crippen LogP) is 2.84. The van der Waals surface area contributed by atoms with Gasteiger partial charge >= 0.3 is 0 Å². The molecule has 0 bridgehead atoms. The van der Waals surface area contributed by atoms with E-state index in [1.54, 1.807) is 24.5 Å². The average molecular weight is 317 g/mol. The van der Waals surface area contributed by atoms with E-state index in [9.17, 15) is 9.50 Å². The highest BCUT2D eigenvalue weighted by Gasteiger charge is 2.14. The van der Waals surface area contributed by atoms with Gasteiger partial charge in [-0.3, -0.25) is 0 Å². The molecule has 1 atom stereocenters. The van der Waals surface area contributed by atoms with Crippen LogP contribution >= 0.6 is 22.6 Å². The Labute approximate surface area is 100 Å². The molecular weight excluding hydrogens is 308 g/mol. The van der Waals surface area contributed by atoms with E-state index in [0.717, 1.165) is 14.7 Å². The zero-order valence-electron chi connectivity index (χ0n) is 7.74. The highest BCUT2D eigenvalue weighted by molar-refractivity contribution is 14.1. The summed E-state index contributed by atoms with van der Waals surface area (Å²) < 4.78 is 13.6. The Kier molecular flexibility index (Phi) is 3.06. The van der Waals surface area contributed by atoms with Gasteiger partial charge in [0.15, 0.2) is 0 Å². The van der Waals surface area contributed by atoms with Crippen LogP contribution in [0.2, 0.25) is 0 Å². The summed E-state index contributed by atoms with van der Waals surface area (Å²) in [5.41, 5.74) is 1.50. The molecule has 0 fully saturated rings. The number of aliphatic hydroxyl groups is 1. The second-order valence-electron chi connectivity index (χ2n) is 3.21. The number of H-pyrrole nitrogens is 1. The minimum absolute atomic E-state index is 0.288. The lowest BCUT2D eigenvalue weighted by atomic mass is 10.0. The van der Waals surface area contributed by atoms with E-state index in [1.807, 2.05) is 22.6 Å². The maximum absolute atomic E-state index is 12.9. The average Bonchev–Trinajstić information content (AvgIpc) is 2.69. The van der Waals surface area contributed by atoms with E-state index >= 15 is 0 Å². The first-order valence-electron chi connectivity index (χ1n) is 4.44. The van der Waals surface area contributed by atoms with Gasteiger partial charge in [0.25, 0.3) is 0 Å². The molecule has 1 aromatic heterocycles. The van der Waals surface area contributed by atoms with Crippen LogP contribution in [0.1, 0.15) is 17.2 Å². The van der Waals surface area contributed by atoms with E-state index in [-0.39, 0.29) is 5.82 Å². The molecule has 2 nitrogen and oxygen atoms in total. The topological polar surface area (TPSA) is 36.0 Å². The van der Waals surface area contributed by atoms with Crippen LogP contribution in [-0.4, -0.2) is 10.1 Å². The Morgan fingerprint density at radius 3 is 2.73 bits per heavy atom. The predicted molar refractivity (Wildman–Crippen MR) is 64.0 cm³/mol. The van der Waals surface area contributed by atoms with Crippen molar-refractivity contribution in [3.8, 4) is 0 Å². The van der Waals surface area contributed by atoms with Crippen LogP contribution in [0, 0.1) is 9.39 Å². The van der Waals surface area contributed by atoms with Gasteiger partial charge in [0.1, 0.15) is 11.9 Å². The zero-order chi connectivity index (χ0) is 10.8. The number of hydrogen-bond donors (Lipinski definition) is 2. The molecule has 15 heavy (non-hydrogen) atoms. The number of aromatic amines is 1. The molecule has 0 spiro atoms. The normalized spacial score (nSPS) is 12.7. The van der Waals surface area contributed by atoms with Gasteiger partial charge in [0.05, 0.1) is 0 Å². The smallest absolute Gasteiger partial charge is 0.124 e. The number of nitrogens with one attached hydrogen (secondary N) is 1.